The van der Waals surface area contributed by atoms with Crippen molar-refractivity contribution in [2.45, 2.75) is 13.5 Å². The second kappa shape index (κ2) is 4.82. The van der Waals surface area contributed by atoms with Gasteiger partial charge in [0.1, 0.15) is 11.9 Å². The van der Waals surface area contributed by atoms with Gasteiger partial charge in [0.05, 0.1) is 12.2 Å². The fourth-order valence-corrected chi connectivity index (χ4v) is 1.52. The number of aromatic carboxylic acids is 1. The van der Waals surface area contributed by atoms with Crippen LogP contribution in [0.15, 0.2) is 18.6 Å². The minimum absolute atomic E-state index is 0.136. The summed E-state index contributed by atoms with van der Waals surface area (Å²) in [4.78, 5) is 19.1. The molecular formula is C11H13N5O2. The number of hydrogen-bond donors (Lipinski definition) is 2. The van der Waals surface area contributed by atoms with Crippen molar-refractivity contribution in [3.8, 4) is 0 Å². The van der Waals surface area contributed by atoms with Gasteiger partial charge in [-0.1, -0.05) is 0 Å². The lowest BCUT2D eigenvalue weighted by atomic mass is 10.2. The number of aromatic nitrogens is 4. The van der Waals surface area contributed by atoms with Crippen LogP contribution in [0.2, 0.25) is 0 Å². The molecule has 94 valence electrons. The molecule has 0 radical (unpaired) electrons. The van der Waals surface area contributed by atoms with Crippen LogP contribution in [-0.2, 0) is 13.6 Å². The lowest BCUT2D eigenvalue weighted by Crippen LogP contribution is -2.08. The molecular weight excluding hydrogens is 234 g/mol. The maximum atomic E-state index is 11.0. The predicted octanol–water partition coefficient (Wildman–Crippen LogP) is 0.829. The molecule has 0 aromatic carbocycles. The molecule has 0 atom stereocenters. The van der Waals surface area contributed by atoms with Crippen molar-refractivity contribution in [3.63, 3.8) is 0 Å². The fraction of sp³-hybridized carbons (Fsp3) is 0.273. The molecule has 0 saturated carbocycles. The molecule has 0 spiro atoms. The van der Waals surface area contributed by atoms with E-state index in [9.17, 15) is 4.79 Å². The Kier molecular flexibility index (Phi) is 3.22. The van der Waals surface area contributed by atoms with Gasteiger partial charge < -0.3 is 10.4 Å². The van der Waals surface area contributed by atoms with Crippen molar-refractivity contribution in [1.29, 1.82) is 0 Å². The molecule has 0 aliphatic rings. The summed E-state index contributed by atoms with van der Waals surface area (Å²) < 4.78 is 1.59. The normalized spacial score (nSPS) is 10.3. The number of nitrogens with zero attached hydrogens (tertiary/aromatic N) is 4. The molecule has 7 nitrogen and oxygen atoms in total. The maximum absolute atomic E-state index is 11.0. The van der Waals surface area contributed by atoms with Gasteiger partial charge in [-0.2, -0.15) is 5.10 Å². The van der Waals surface area contributed by atoms with Crippen LogP contribution < -0.4 is 5.32 Å². The first-order valence-corrected chi connectivity index (χ1v) is 5.34. The molecule has 0 saturated heterocycles. The fourth-order valence-electron chi connectivity index (χ4n) is 1.52. The lowest BCUT2D eigenvalue weighted by Gasteiger charge is -2.08. The van der Waals surface area contributed by atoms with E-state index in [0.717, 1.165) is 5.69 Å². The molecule has 0 aliphatic carbocycles. The number of pyridine rings is 1. The molecule has 0 amide bonds. The average Bonchev–Trinajstić information content (AvgIpc) is 2.72. The molecule has 2 N–H and O–H groups in total. The minimum atomic E-state index is -1.01. The van der Waals surface area contributed by atoms with E-state index >= 15 is 0 Å². The van der Waals surface area contributed by atoms with E-state index in [0.29, 0.717) is 18.1 Å². The summed E-state index contributed by atoms with van der Waals surface area (Å²) in [6, 6.07) is 1.69. The van der Waals surface area contributed by atoms with E-state index in [1.54, 1.807) is 31.0 Å². The second-order valence-electron chi connectivity index (χ2n) is 3.86. The van der Waals surface area contributed by atoms with Gasteiger partial charge in [0, 0.05) is 18.9 Å². The molecule has 2 rings (SSSR count). The Morgan fingerprint density at radius 3 is 2.89 bits per heavy atom. The smallest absolute Gasteiger partial charge is 0.339 e. The zero-order valence-electron chi connectivity index (χ0n) is 10.1. The number of nitrogens with one attached hydrogen (secondary N) is 1. The first kappa shape index (κ1) is 12.0. The number of hydrogen-bond acceptors (Lipinski definition) is 5. The van der Waals surface area contributed by atoms with Crippen LogP contribution in [-0.4, -0.2) is 30.8 Å². The van der Waals surface area contributed by atoms with Crippen LogP contribution in [0.4, 0.5) is 5.69 Å². The van der Waals surface area contributed by atoms with Gasteiger partial charge in [-0.15, -0.1) is 0 Å². The third kappa shape index (κ3) is 2.62. The zero-order valence-corrected chi connectivity index (χ0v) is 10.1. The summed E-state index contributed by atoms with van der Waals surface area (Å²) in [5.74, 6) is -0.415. The van der Waals surface area contributed by atoms with Crippen molar-refractivity contribution in [1.82, 2.24) is 19.7 Å². The highest BCUT2D eigenvalue weighted by atomic mass is 16.4. The van der Waals surface area contributed by atoms with Crippen LogP contribution in [0.3, 0.4) is 0 Å². The van der Waals surface area contributed by atoms with Crippen molar-refractivity contribution in [3.05, 3.63) is 35.7 Å². The molecule has 0 bridgehead atoms. The molecule has 2 heterocycles. The summed E-state index contributed by atoms with van der Waals surface area (Å²) >= 11 is 0. The molecule has 18 heavy (non-hydrogen) atoms. The number of aryl methyl sites for hydroxylation is 2. The quantitative estimate of drug-likeness (QED) is 0.831. The number of anilines is 1. The van der Waals surface area contributed by atoms with Crippen molar-refractivity contribution >= 4 is 11.7 Å². The van der Waals surface area contributed by atoms with E-state index in [1.807, 2.05) is 0 Å². The van der Waals surface area contributed by atoms with Gasteiger partial charge in [0.15, 0.2) is 5.82 Å². The summed E-state index contributed by atoms with van der Waals surface area (Å²) in [6.45, 7) is 2.17. The minimum Gasteiger partial charge on any atom is -0.478 e. The van der Waals surface area contributed by atoms with Gasteiger partial charge in [-0.25, -0.2) is 9.78 Å². The largest absolute Gasteiger partial charge is 0.478 e. The molecule has 0 aliphatic heterocycles. The standard InChI is InChI=1S/C11H13N5O2/c1-7-3-9(8(4-12-7)11(17)18)13-5-10-14-6-16(2)15-10/h3-4,6H,5H2,1-2H3,(H,12,13)(H,17,18). The Morgan fingerprint density at radius 2 is 2.28 bits per heavy atom. The Balaban J connectivity index is 2.17. The third-order valence-electron chi connectivity index (χ3n) is 2.36. The zero-order chi connectivity index (χ0) is 13.1. The average molecular weight is 247 g/mol. The summed E-state index contributed by atoms with van der Waals surface area (Å²) in [5.41, 5.74) is 1.40. The molecule has 7 heteroatoms. The first-order chi connectivity index (χ1) is 8.56. The number of carbonyl (C=O) groups is 1. The Bertz CT molecular complexity index is 579. The van der Waals surface area contributed by atoms with Crippen LogP contribution in [0.1, 0.15) is 21.9 Å². The lowest BCUT2D eigenvalue weighted by molar-refractivity contribution is 0.0697. The predicted molar refractivity (Wildman–Crippen MR) is 64.3 cm³/mol. The van der Waals surface area contributed by atoms with Crippen LogP contribution in [0, 0.1) is 6.92 Å². The monoisotopic (exact) mass is 247 g/mol. The Labute approximate surface area is 104 Å². The SMILES string of the molecule is Cc1cc(NCc2ncn(C)n2)c(C(=O)O)cn1. The van der Waals surface area contributed by atoms with E-state index in [-0.39, 0.29) is 5.56 Å². The highest BCUT2D eigenvalue weighted by Crippen LogP contribution is 2.16. The second-order valence-corrected chi connectivity index (χ2v) is 3.86. The molecule has 0 fully saturated rings. The highest BCUT2D eigenvalue weighted by molar-refractivity contribution is 5.93. The molecule has 0 unspecified atom stereocenters. The van der Waals surface area contributed by atoms with Gasteiger partial charge in [-0.3, -0.25) is 9.67 Å². The topological polar surface area (TPSA) is 92.9 Å². The molecule has 2 aromatic rings. The number of carboxylic acids is 1. The maximum Gasteiger partial charge on any atom is 0.339 e. The van der Waals surface area contributed by atoms with Crippen molar-refractivity contribution in [2.24, 2.45) is 7.05 Å². The van der Waals surface area contributed by atoms with Crippen LogP contribution in [0.5, 0.6) is 0 Å². The van der Waals surface area contributed by atoms with Gasteiger partial charge in [0.25, 0.3) is 0 Å². The first-order valence-electron chi connectivity index (χ1n) is 5.34. The van der Waals surface area contributed by atoms with Crippen molar-refractivity contribution < 1.29 is 9.90 Å². The van der Waals surface area contributed by atoms with Crippen LogP contribution in [0.25, 0.3) is 0 Å². The van der Waals surface area contributed by atoms with E-state index in [1.165, 1.54) is 6.20 Å². The molecule has 2 aromatic heterocycles. The summed E-state index contributed by atoms with van der Waals surface area (Å²) in [5, 5.41) is 16.2. The van der Waals surface area contributed by atoms with Gasteiger partial charge in [0.2, 0.25) is 0 Å². The van der Waals surface area contributed by atoms with E-state index in [4.69, 9.17) is 5.11 Å². The third-order valence-corrected chi connectivity index (χ3v) is 2.36. The van der Waals surface area contributed by atoms with E-state index in [2.05, 4.69) is 20.4 Å². The summed E-state index contributed by atoms with van der Waals surface area (Å²) in [6.07, 6.45) is 2.93. The number of rotatable bonds is 4. The van der Waals surface area contributed by atoms with E-state index < -0.39 is 5.97 Å². The van der Waals surface area contributed by atoms with Gasteiger partial charge in [-0.05, 0) is 13.0 Å². The van der Waals surface area contributed by atoms with Crippen LogP contribution >= 0.6 is 0 Å². The van der Waals surface area contributed by atoms with Gasteiger partial charge >= 0.3 is 5.97 Å². The highest BCUT2D eigenvalue weighted by Gasteiger charge is 2.11. The Hall–Kier alpha value is -2.44. The number of carboxylic acid groups (broad SMARTS) is 1. The Morgan fingerprint density at radius 1 is 1.50 bits per heavy atom. The summed E-state index contributed by atoms with van der Waals surface area (Å²) in [7, 11) is 1.77. The van der Waals surface area contributed by atoms with Crippen molar-refractivity contribution in [2.75, 3.05) is 5.32 Å².